The van der Waals surface area contributed by atoms with Crippen molar-refractivity contribution in [2.24, 2.45) is 0 Å². The van der Waals surface area contributed by atoms with Gasteiger partial charge in [-0.15, -0.1) is 11.3 Å². The molecule has 0 spiro atoms. The molecule has 2 aromatic heterocycles. The largest absolute Gasteiger partial charge is 0.462 e. The number of quaternary nitrogens is 1. The maximum Gasteiger partial charge on any atom is 0.348 e. The monoisotopic (exact) mass is 381 g/mol. The van der Waals surface area contributed by atoms with E-state index in [9.17, 15) is 14.4 Å². The third-order valence-corrected chi connectivity index (χ3v) is 5.52. The molecule has 2 atom stereocenters. The number of likely N-dealkylation sites (N-methyl/N-ethyl adjacent to an activating group) is 2. The Labute approximate surface area is 155 Å². The number of aromatic amines is 1. The zero-order valence-corrected chi connectivity index (χ0v) is 16.7. The summed E-state index contributed by atoms with van der Waals surface area (Å²) in [5, 5.41) is 0.413. The molecule has 8 nitrogen and oxygen atoms in total. The average molecular weight is 381 g/mol. The molecule has 0 fully saturated rings. The van der Waals surface area contributed by atoms with Crippen molar-refractivity contribution < 1.29 is 19.2 Å². The molecule has 0 bridgehead atoms. The second kappa shape index (κ2) is 7.96. The van der Waals surface area contributed by atoms with Crippen molar-refractivity contribution in [3.8, 4) is 0 Å². The van der Waals surface area contributed by atoms with Crippen molar-refractivity contribution >= 4 is 33.4 Å². The van der Waals surface area contributed by atoms with Crippen molar-refractivity contribution in [2.75, 3.05) is 34.3 Å². The predicted molar refractivity (Wildman–Crippen MR) is 99.8 cm³/mol. The fraction of sp³-hybridized carbons (Fsp3) is 0.529. The number of fused-ring (bicyclic) bond motifs is 1. The molecule has 9 heteroatoms. The average Bonchev–Trinajstić information content (AvgIpc) is 2.91. The summed E-state index contributed by atoms with van der Waals surface area (Å²) in [7, 11) is 5.29. The number of esters is 1. The Hall–Kier alpha value is -2.26. The Balaban J connectivity index is 2.40. The van der Waals surface area contributed by atoms with Gasteiger partial charge in [-0.05, 0) is 26.3 Å². The summed E-state index contributed by atoms with van der Waals surface area (Å²) in [6, 6.07) is -0.190. The molecule has 0 aliphatic rings. The second-order valence-electron chi connectivity index (χ2n) is 6.44. The first-order valence-electron chi connectivity index (χ1n) is 8.40. The lowest BCUT2D eigenvalue weighted by Crippen LogP contribution is -3.10. The number of carbonyl (C=O) groups excluding carboxylic acids is 2. The lowest BCUT2D eigenvalue weighted by Gasteiger charge is -2.21. The quantitative estimate of drug-likeness (QED) is 0.694. The molecule has 2 aromatic rings. The number of nitrogens with one attached hydrogen (secondary N) is 2. The van der Waals surface area contributed by atoms with Crippen molar-refractivity contribution in [2.45, 2.75) is 26.8 Å². The zero-order valence-electron chi connectivity index (χ0n) is 15.9. The summed E-state index contributed by atoms with van der Waals surface area (Å²) < 4.78 is 5.05. The summed E-state index contributed by atoms with van der Waals surface area (Å²) in [6.07, 6.45) is 0. The summed E-state index contributed by atoms with van der Waals surface area (Å²) in [5.74, 6) is 0.0406. The lowest BCUT2D eigenvalue weighted by atomic mass is 10.2. The van der Waals surface area contributed by atoms with E-state index < -0.39 is 5.97 Å². The van der Waals surface area contributed by atoms with Crippen LogP contribution >= 0.6 is 11.3 Å². The number of H-pyrrole nitrogens is 1. The number of thiophene rings is 1. The van der Waals surface area contributed by atoms with Gasteiger partial charge in [-0.3, -0.25) is 9.59 Å². The third kappa shape index (κ3) is 3.94. The van der Waals surface area contributed by atoms with E-state index in [1.807, 2.05) is 14.0 Å². The molecule has 0 aliphatic heterocycles. The SMILES string of the molecule is CCOC(=O)c1sc2nc([C@H](C)[NH+](C)CC(=O)N(C)C)[nH]c(=O)c2c1C. The molecule has 0 saturated heterocycles. The van der Waals surface area contributed by atoms with Crippen LogP contribution in [0, 0.1) is 6.92 Å². The van der Waals surface area contributed by atoms with Gasteiger partial charge < -0.3 is 19.5 Å². The van der Waals surface area contributed by atoms with E-state index in [0.717, 1.165) is 16.2 Å². The number of amides is 1. The molecular weight excluding hydrogens is 356 g/mol. The number of carbonyl (C=O) groups is 2. The highest BCUT2D eigenvalue weighted by molar-refractivity contribution is 7.20. The van der Waals surface area contributed by atoms with Crippen LogP contribution in [0.3, 0.4) is 0 Å². The van der Waals surface area contributed by atoms with Crippen LogP contribution < -0.4 is 10.5 Å². The summed E-state index contributed by atoms with van der Waals surface area (Å²) in [4.78, 5) is 47.2. The Bertz CT molecular complexity index is 887. The van der Waals surface area contributed by atoms with Crippen molar-refractivity contribution in [3.05, 3.63) is 26.6 Å². The molecule has 0 radical (unpaired) electrons. The maximum atomic E-state index is 12.5. The smallest absolute Gasteiger partial charge is 0.348 e. The van der Waals surface area contributed by atoms with Crippen molar-refractivity contribution in [1.82, 2.24) is 14.9 Å². The lowest BCUT2D eigenvalue weighted by molar-refractivity contribution is -0.903. The predicted octanol–water partition coefficient (Wildman–Crippen LogP) is 0.134. The van der Waals surface area contributed by atoms with Crippen molar-refractivity contribution in [1.29, 1.82) is 0 Å². The maximum absolute atomic E-state index is 12.5. The van der Waals surface area contributed by atoms with Crippen molar-refractivity contribution in [3.63, 3.8) is 0 Å². The van der Waals surface area contributed by atoms with Gasteiger partial charge in [0.25, 0.3) is 11.5 Å². The molecule has 1 amide bonds. The number of hydrogen-bond acceptors (Lipinski definition) is 6. The normalized spacial score (nSPS) is 13.5. The van der Waals surface area contributed by atoms with Gasteiger partial charge in [0.15, 0.2) is 12.4 Å². The van der Waals surface area contributed by atoms with Gasteiger partial charge in [-0.2, -0.15) is 0 Å². The number of aromatic nitrogens is 2. The van der Waals surface area contributed by atoms with E-state index >= 15 is 0 Å². The molecule has 142 valence electrons. The van der Waals surface area contributed by atoms with Gasteiger partial charge in [-0.25, -0.2) is 9.78 Å². The minimum Gasteiger partial charge on any atom is -0.462 e. The fourth-order valence-corrected chi connectivity index (χ4v) is 3.62. The van der Waals surface area contributed by atoms with E-state index in [1.165, 1.54) is 4.90 Å². The molecular formula is C17H25N4O4S+. The Morgan fingerprint density at radius 2 is 2.04 bits per heavy atom. The zero-order chi connectivity index (χ0) is 19.6. The number of ether oxygens (including phenoxy) is 1. The van der Waals surface area contributed by atoms with Crippen LogP contribution in [-0.2, 0) is 9.53 Å². The Morgan fingerprint density at radius 1 is 1.38 bits per heavy atom. The van der Waals surface area contributed by atoms with Gasteiger partial charge in [0, 0.05) is 14.1 Å². The van der Waals surface area contributed by atoms with E-state index in [-0.39, 0.29) is 30.7 Å². The van der Waals surface area contributed by atoms with Gasteiger partial charge >= 0.3 is 5.97 Å². The van der Waals surface area contributed by atoms with E-state index in [2.05, 4.69) is 9.97 Å². The molecule has 0 saturated carbocycles. The summed E-state index contributed by atoms with van der Waals surface area (Å²) in [5.41, 5.74) is 0.299. The van der Waals surface area contributed by atoms with Gasteiger partial charge in [0.1, 0.15) is 15.7 Å². The number of rotatable bonds is 6. The van der Waals surface area contributed by atoms with E-state index in [4.69, 9.17) is 4.74 Å². The fourth-order valence-electron chi connectivity index (χ4n) is 2.54. The van der Waals surface area contributed by atoms with Gasteiger partial charge in [0.05, 0.1) is 19.0 Å². The first-order valence-corrected chi connectivity index (χ1v) is 9.21. The van der Waals surface area contributed by atoms with Crippen LogP contribution in [0.5, 0.6) is 0 Å². The van der Waals surface area contributed by atoms with Crippen LogP contribution in [0.25, 0.3) is 10.2 Å². The van der Waals surface area contributed by atoms with Crippen LogP contribution in [0.15, 0.2) is 4.79 Å². The first-order chi connectivity index (χ1) is 12.2. The Kier molecular flexibility index (Phi) is 6.14. The summed E-state index contributed by atoms with van der Waals surface area (Å²) >= 11 is 1.16. The minimum absolute atomic E-state index is 0.00524. The van der Waals surface area contributed by atoms with Gasteiger partial charge in [0.2, 0.25) is 0 Å². The molecule has 2 N–H and O–H groups in total. The molecule has 0 aromatic carbocycles. The third-order valence-electron chi connectivity index (χ3n) is 4.36. The minimum atomic E-state index is -0.443. The van der Waals surface area contributed by atoms with Crippen LogP contribution in [-0.4, -0.2) is 61.0 Å². The molecule has 2 heterocycles. The number of aryl methyl sites for hydroxylation is 1. The highest BCUT2D eigenvalue weighted by atomic mass is 32.1. The van der Waals surface area contributed by atoms with Crippen LogP contribution in [0.2, 0.25) is 0 Å². The highest BCUT2D eigenvalue weighted by Crippen LogP contribution is 2.28. The molecule has 26 heavy (non-hydrogen) atoms. The number of hydrogen-bond donors (Lipinski definition) is 2. The molecule has 0 aliphatic carbocycles. The van der Waals surface area contributed by atoms with Crippen LogP contribution in [0.1, 0.15) is 40.9 Å². The highest BCUT2D eigenvalue weighted by Gasteiger charge is 2.25. The van der Waals surface area contributed by atoms with Crippen LogP contribution in [0.4, 0.5) is 0 Å². The second-order valence-corrected chi connectivity index (χ2v) is 7.44. The molecule has 2 rings (SSSR count). The summed E-state index contributed by atoms with van der Waals surface area (Å²) in [6.45, 7) is 5.91. The first kappa shape index (κ1) is 20.1. The number of nitrogens with zero attached hydrogens (tertiary/aromatic N) is 2. The van der Waals surface area contributed by atoms with Gasteiger partial charge in [-0.1, -0.05) is 0 Å². The van der Waals surface area contributed by atoms with E-state index in [0.29, 0.717) is 26.5 Å². The standard InChI is InChI=1S/C17H24N4O4S/c1-7-25-17(24)13-9(2)12-15(23)18-14(19-16(12)26-13)10(3)21(6)8-11(22)20(4)5/h10H,7-8H2,1-6H3,(H,18,19,23)/p+1/t10-/m0/s1. The molecule has 1 unspecified atom stereocenters. The van der Waals surface area contributed by atoms with E-state index in [1.54, 1.807) is 27.9 Å². The topological polar surface area (TPSA) is 96.8 Å². The Morgan fingerprint density at radius 3 is 2.62 bits per heavy atom.